The van der Waals surface area contributed by atoms with Gasteiger partial charge in [-0.25, -0.2) is 0 Å². The van der Waals surface area contributed by atoms with Crippen LogP contribution in [0.1, 0.15) is 59.8 Å². The highest BCUT2D eigenvalue weighted by Gasteiger charge is 2.63. The third-order valence-electron chi connectivity index (χ3n) is 7.60. The van der Waals surface area contributed by atoms with Crippen molar-refractivity contribution in [1.82, 2.24) is 10.2 Å². The van der Waals surface area contributed by atoms with Crippen molar-refractivity contribution in [2.24, 2.45) is 22.7 Å². The summed E-state index contributed by atoms with van der Waals surface area (Å²) >= 11 is 0. The van der Waals surface area contributed by atoms with Crippen LogP contribution < -0.4 is 5.32 Å². The zero-order valence-electron chi connectivity index (χ0n) is 17.8. The molecule has 4 aliphatic rings. The third kappa shape index (κ3) is 3.15. The second-order valence-corrected chi connectivity index (χ2v) is 10.6. The Morgan fingerprint density at radius 3 is 2.54 bits per heavy atom. The minimum absolute atomic E-state index is 0.0695. The molecule has 1 spiro atoms. The van der Waals surface area contributed by atoms with Crippen molar-refractivity contribution in [3.8, 4) is 0 Å². The van der Waals surface area contributed by atoms with Gasteiger partial charge in [0.1, 0.15) is 0 Å². The molecule has 2 saturated heterocycles. The molecule has 4 fully saturated rings. The number of fused-ring (bicyclic) bond motifs is 1. The van der Waals surface area contributed by atoms with E-state index in [4.69, 9.17) is 0 Å². The molecule has 2 atom stereocenters. The Hall–Kier alpha value is -1.84. The van der Waals surface area contributed by atoms with Crippen LogP contribution in [-0.2, 0) is 9.59 Å². The number of allylic oxidation sites excluding steroid dienone is 4. The molecule has 152 valence electrons. The lowest BCUT2D eigenvalue weighted by Crippen LogP contribution is -2.56. The Bertz CT molecular complexity index is 779. The summed E-state index contributed by atoms with van der Waals surface area (Å²) in [7, 11) is 0. The van der Waals surface area contributed by atoms with Crippen molar-refractivity contribution < 1.29 is 9.59 Å². The summed E-state index contributed by atoms with van der Waals surface area (Å²) in [6.07, 6.45) is 10.9. The number of amides is 2. The monoisotopic (exact) mass is 382 g/mol. The highest BCUT2D eigenvalue weighted by atomic mass is 16.2. The van der Waals surface area contributed by atoms with Gasteiger partial charge in [0.05, 0.1) is 0 Å². The number of carbonyl (C=O) groups is 2. The fourth-order valence-corrected chi connectivity index (χ4v) is 5.68. The maximum absolute atomic E-state index is 13.0. The topological polar surface area (TPSA) is 49.4 Å². The van der Waals surface area contributed by atoms with Crippen LogP contribution in [0.2, 0.25) is 0 Å². The molecule has 28 heavy (non-hydrogen) atoms. The van der Waals surface area contributed by atoms with Gasteiger partial charge in [-0.2, -0.15) is 0 Å². The molecule has 4 nitrogen and oxygen atoms in total. The van der Waals surface area contributed by atoms with Crippen molar-refractivity contribution in [3.05, 3.63) is 36.0 Å². The number of piperidine rings is 1. The lowest BCUT2D eigenvalue weighted by atomic mass is 9.67. The van der Waals surface area contributed by atoms with E-state index in [1.165, 1.54) is 11.1 Å². The molecule has 0 aromatic heterocycles. The van der Waals surface area contributed by atoms with Gasteiger partial charge in [-0.3, -0.25) is 9.59 Å². The Kier molecular flexibility index (Phi) is 4.40. The smallest absolute Gasteiger partial charge is 0.225 e. The van der Waals surface area contributed by atoms with Gasteiger partial charge in [-0.1, -0.05) is 45.6 Å². The summed E-state index contributed by atoms with van der Waals surface area (Å²) in [6.45, 7) is 14.8. The molecule has 0 aromatic carbocycles. The van der Waals surface area contributed by atoms with Crippen LogP contribution in [0.25, 0.3) is 0 Å². The fourth-order valence-electron chi connectivity index (χ4n) is 5.68. The molecule has 2 aliphatic heterocycles. The lowest BCUT2D eigenvalue weighted by molar-refractivity contribution is -0.141. The van der Waals surface area contributed by atoms with E-state index in [1.54, 1.807) is 0 Å². The normalized spacial score (nSPS) is 37.2. The van der Waals surface area contributed by atoms with Gasteiger partial charge in [-0.05, 0) is 55.1 Å². The highest BCUT2D eigenvalue weighted by Crippen LogP contribution is 2.62. The molecule has 2 saturated carbocycles. The van der Waals surface area contributed by atoms with Crippen molar-refractivity contribution >= 4 is 11.8 Å². The second-order valence-electron chi connectivity index (χ2n) is 10.6. The van der Waals surface area contributed by atoms with Gasteiger partial charge in [0.2, 0.25) is 11.8 Å². The Morgan fingerprint density at radius 1 is 1.25 bits per heavy atom. The van der Waals surface area contributed by atoms with E-state index in [0.717, 1.165) is 38.8 Å². The van der Waals surface area contributed by atoms with E-state index in [0.29, 0.717) is 18.2 Å². The van der Waals surface area contributed by atoms with E-state index in [-0.39, 0.29) is 28.2 Å². The van der Waals surface area contributed by atoms with Gasteiger partial charge < -0.3 is 10.2 Å². The first-order valence-electron chi connectivity index (χ1n) is 10.7. The van der Waals surface area contributed by atoms with Gasteiger partial charge in [-0.15, -0.1) is 0 Å². The van der Waals surface area contributed by atoms with E-state index in [2.05, 4.69) is 62.7 Å². The number of rotatable bonds is 4. The molecular weight excluding hydrogens is 348 g/mol. The predicted molar refractivity (Wildman–Crippen MR) is 111 cm³/mol. The molecule has 0 aromatic rings. The van der Waals surface area contributed by atoms with Crippen molar-refractivity contribution in [2.45, 2.75) is 65.3 Å². The zero-order valence-corrected chi connectivity index (χ0v) is 17.8. The molecule has 0 bridgehead atoms. The second kappa shape index (κ2) is 6.33. The van der Waals surface area contributed by atoms with Crippen molar-refractivity contribution in [3.63, 3.8) is 0 Å². The maximum atomic E-state index is 13.0. The molecule has 2 aliphatic carbocycles. The number of hydrogen-bond donors (Lipinski definition) is 1. The molecule has 0 radical (unpaired) electrons. The zero-order chi connectivity index (χ0) is 20.3. The summed E-state index contributed by atoms with van der Waals surface area (Å²) in [5, 5.41) is 3.09. The van der Waals surface area contributed by atoms with Gasteiger partial charge >= 0.3 is 0 Å². The summed E-state index contributed by atoms with van der Waals surface area (Å²) in [5.74, 6) is 1.09. The van der Waals surface area contributed by atoms with Crippen LogP contribution in [0.15, 0.2) is 36.0 Å². The minimum atomic E-state index is -0.0695. The lowest BCUT2D eigenvalue weighted by Gasteiger charge is -2.45. The van der Waals surface area contributed by atoms with Gasteiger partial charge in [0, 0.05) is 36.4 Å². The van der Waals surface area contributed by atoms with Gasteiger partial charge in [0.15, 0.2) is 0 Å². The van der Waals surface area contributed by atoms with Crippen LogP contribution in [0, 0.1) is 22.7 Å². The summed E-state index contributed by atoms with van der Waals surface area (Å²) in [5.41, 5.74) is 2.64. The van der Waals surface area contributed by atoms with Crippen LogP contribution in [0.5, 0.6) is 0 Å². The molecule has 2 amide bonds. The molecule has 4 heteroatoms. The number of likely N-dealkylation sites (tertiary alicyclic amines) is 1. The molecule has 1 N–H and O–H groups in total. The molecule has 2 heterocycles. The van der Waals surface area contributed by atoms with Crippen LogP contribution in [0.3, 0.4) is 0 Å². The Labute approximate surface area is 169 Å². The van der Waals surface area contributed by atoms with Crippen molar-refractivity contribution in [1.29, 1.82) is 0 Å². The largest absolute Gasteiger partial charge is 0.351 e. The number of carbonyl (C=O) groups excluding carboxylic acids is 2. The average molecular weight is 383 g/mol. The first-order chi connectivity index (χ1) is 13.1. The summed E-state index contributed by atoms with van der Waals surface area (Å²) < 4.78 is 0. The van der Waals surface area contributed by atoms with E-state index >= 15 is 0 Å². The molecular formula is C24H34N2O2. The maximum Gasteiger partial charge on any atom is 0.225 e. The fraction of sp³-hybridized carbons (Fsp3) is 0.667. The third-order valence-corrected chi connectivity index (χ3v) is 7.60. The van der Waals surface area contributed by atoms with Crippen molar-refractivity contribution in [2.75, 3.05) is 13.1 Å². The van der Waals surface area contributed by atoms with E-state index < -0.39 is 0 Å². The standard InChI is InChI=1S/C24H34N2O2/c1-6-18(22(3,4)5)8-7-16(2)24-13-19(24)14-26(15-24)21(28)17-11-23(12-17)10-9-20(27)25-23/h6-8,17,19H,2,9-15H2,1,3-5H3,(H,25,27)/b8-7-,18-6+/t17?,19-,23?,24+/m0/s1. The van der Waals surface area contributed by atoms with Crippen LogP contribution in [0.4, 0.5) is 0 Å². The van der Waals surface area contributed by atoms with E-state index in [1.807, 2.05) is 0 Å². The number of nitrogens with one attached hydrogen (secondary N) is 1. The van der Waals surface area contributed by atoms with Gasteiger partial charge in [0.25, 0.3) is 0 Å². The molecule has 0 unspecified atom stereocenters. The highest BCUT2D eigenvalue weighted by molar-refractivity contribution is 5.84. The Balaban J connectivity index is 1.35. The first-order valence-corrected chi connectivity index (χ1v) is 10.7. The number of nitrogens with zero attached hydrogens (tertiary/aromatic N) is 1. The van der Waals surface area contributed by atoms with Crippen LogP contribution >= 0.6 is 0 Å². The quantitative estimate of drug-likeness (QED) is 0.747. The number of hydrogen-bond acceptors (Lipinski definition) is 2. The molecule has 4 rings (SSSR count). The van der Waals surface area contributed by atoms with Crippen LogP contribution in [-0.4, -0.2) is 35.3 Å². The summed E-state index contributed by atoms with van der Waals surface area (Å²) in [4.78, 5) is 26.6. The Morgan fingerprint density at radius 2 is 1.96 bits per heavy atom. The van der Waals surface area contributed by atoms with E-state index in [9.17, 15) is 9.59 Å². The average Bonchev–Trinajstić information content (AvgIpc) is 2.96. The summed E-state index contributed by atoms with van der Waals surface area (Å²) in [6, 6.07) is 0. The predicted octanol–water partition coefficient (Wildman–Crippen LogP) is 4.00. The first kappa shape index (κ1) is 19.5. The minimum Gasteiger partial charge on any atom is -0.351 e. The SMILES string of the molecule is C=C(/C=C\C(=C/C)C(C)(C)C)[C@]12C[C@H]1CN(C(=O)C1CC3(CCC(=O)N3)C1)C2.